The number of thiophene rings is 1. The lowest BCUT2D eigenvalue weighted by Crippen LogP contribution is -2.29. The van der Waals surface area contributed by atoms with E-state index in [0.717, 1.165) is 23.5 Å². The average Bonchev–Trinajstić information content (AvgIpc) is 3.16. The summed E-state index contributed by atoms with van der Waals surface area (Å²) in [5, 5.41) is 8.57. The fraction of sp³-hybridized carbons (Fsp3) is 0.467. The Morgan fingerprint density at radius 2 is 2.24 bits per heavy atom. The maximum absolute atomic E-state index is 12.2. The van der Waals surface area contributed by atoms with Crippen molar-refractivity contribution in [1.29, 1.82) is 0 Å². The predicted molar refractivity (Wildman–Crippen MR) is 81.5 cm³/mol. The van der Waals surface area contributed by atoms with Gasteiger partial charge in [0, 0.05) is 31.2 Å². The molecule has 1 N–H and O–H groups in total. The van der Waals surface area contributed by atoms with E-state index in [4.69, 9.17) is 9.84 Å². The van der Waals surface area contributed by atoms with Crippen molar-refractivity contribution in [3.8, 4) is 0 Å². The normalized spacial score (nSPS) is 14.5. The minimum atomic E-state index is -0.999. The molecule has 0 bridgehead atoms. The van der Waals surface area contributed by atoms with Crippen molar-refractivity contribution in [2.45, 2.75) is 12.8 Å². The molecule has 0 radical (unpaired) electrons. The molecule has 1 aromatic rings. The van der Waals surface area contributed by atoms with Crippen LogP contribution in [0.25, 0.3) is 6.08 Å². The van der Waals surface area contributed by atoms with Crippen LogP contribution in [0, 0.1) is 5.92 Å². The molecule has 0 aromatic carbocycles. The molecule has 21 heavy (non-hydrogen) atoms. The molecule has 0 atom stereocenters. The number of hydrogen-bond donors (Lipinski definition) is 1. The Morgan fingerprint density at radius 1 is 1.48 bits per heavy atom. The second kappa shape index (κ2) is 7.38. The van der Waals surface area contributed by atoms with Gasteiger partial charge in [0.1, 0.15) is 0 Å². The lowest BCUT2D eigenvalue weighted by Gasteiger charge is -2.16. The quantitative estimate of drug-likeness (QED) is 0.591. The average molecular weight is 309 g/mol. The predicted octanol–water partition coefficient (Wildman–Crippen LogP) is 2.34. The first-order chi connectivity index (χ1) is 10.1. The van der Waals surface area contributed by atoms with E-state index in [1.807, 2.05) is 0 Å². The number of carboxylic acid groups (broad SMARTS) is 1. The molecule has 0 aliphatic heterocycles. The first kappa shape index (κ1) is 15.7. The highest BCUT2D eigenvalue weighted by molar-refractivity contribution is 7.14. The fourth-order valence-electron chi connectivity index (χ4n) is 1.74. The molecule has 5 nitrogen and oxygen atoms in total. The van der Waals surface area contributed by atoms with Crippen LogP contribution in [0.5, 0.6) is 0 Å². The van der Waals surface area contributed by atoms with Crippen LogP contribution in [-0.2, 0) is 9.53 Å². The smallest absolute Gasteiger partial charge is 0.328 e. The molecule has 1 aromatic heterocycles. The van der Waals surface area contributed by atoms with Crippen LogP contribution < -0.4 is 0 Å². The molecular weight excluding hydrogens is 290 g/mol. The molecule has 1 aliphatic rings. The number of likely N-dealkylation sites (N-methyl/N-ethyl adjacent to an activating group) is 1. The monoisotopic (exact) mass is 309 g/mol. The molecule has 114 valence electrons. The Kier molecular flexibility index (Phi) is 5.52. The number of aliphatic carboxylic acids is 1. The third-order valence-corrected chi connectivity index (χ3v) is 4.23. The molecular formula is C15H19NO4S. The zero-order chi connectivity index (χ0) is 15.2. The highest BCUT2D eigenvalue weighted by Gasteiger charge is 2.21. The largest absolute Gasteiger partial charge is 0.478 e. The van der Waals surface area contributed by atoms with Gasteiger partial charge in [0.2, 0.25) is 0 Å². The summed E-state index contributed by atoms with van der Waals surface area (Å²) in [5.41, 5.74) is 0. The van der Waals surface area contributed by atoms with Gasteiger partial charge in [-0.1, -0.05) is 0 Å². The first-order valence-corrected chi connectivity index (χ1v) is 7.72. The van der Waals surface area contributed by atoms with Crippen molar-refractivity contribution in [2.75, 3.05) is 26.8 Å². The van der Waals surface area contributed by atoms with Crippen molar-refractivity contribution < 1.29 is 19.4 Å². The summed E-state index contributed by atoms with van der Waals surface area (Å²) in [5.74, 6) is -0.335. The number of ether oxygens (including phenoxy) is 1. The van der Waals surface area contributed by atoms with Gasteiger partial charge in [-0.05, 0) is 37.0 Å². The summed E-state index contributed by atoms with van der Waals surface area (Å²) < 4.78 is 5.52. The number of rotatable bonds is 8. The number of carbonyl (C=O) groups excluding carboxylic acids is 1. The lowest BCUT2D eigenvalue weighted by atomic mass is 10.3. The number of hydrogen-bond acceptors (Lipinski definition) is 4. The third kappa shape index (κ3) is 5.32. The van der Waals surface area contributed by atoms with E-state index in [0.29, 0.717) is 18.0 Å². The number of nitrogens with zero attached hydrogens (tertiary/aromatic N) is 1. The van der Waals surface area contributed by atoms with E-state index in [2.05, 4.69) is 0 Å². The Bertz CT molecular complexity index is 534. The fourth-order valence-corrected chi connectivity index (χ4v) is 2.64. The highest BCUT2D eigenvalue weighted by Crippen LogP contribution is 2.28. The molecule has 0 saturated heterocycles. The van der Waals surface area contributed by atoms with Crippen LogP contribution in [0.4, 0.5) is 0 Å². The number of amides is 1. The Balaban J connectivity index is 1.79. The molecule has 0 spiro atoms. The highest BCUT2D eigenvalue weighted by atomic mass is 32.1. The van der Waals surface area contributed by atoms with Gasteiger partial charge >= 0.3 is 5.97 Å². The van der Waals surface area contributed by atoms with Crippen LogP contribution in [0.3, 0.4) is 0 Å². The molecule has 1 amide bonds. The van der Waals surface area contributed by atoms with E-state index in [-0.39, 0.29) is 5.91 Å². The summed E-state index contributed by atoms with van der Waals surface area (Å²) in [4.78, 5) is 25.6. The lowest BCUT2D eigenvalue weighted by molar-refractivity contribution is -0.131. The van der Waals surface area contributed by atoms with Gasteiger partial charge in [-0.25, -0.2) is 4.79 Å². The number of carbonyl (C=O) groups is 2. The summed E-state index contributed by atoms with van der Waals surface area (Å²) in [7, 11) is 1.75. The van der Waals surface area contributed by atoms with E-state index in [1.165, 1.54) is 30.3 Å². The third-order valence-electron chi connectivity index (χ3n) is 3.20. The maximum atomic E-state index is 12.2. The van der Waals surface area contributed by atoms with Crippen molar-refractivity contribution in [3.05, 3.63) is 28.0 Å². The minimum Gasteiger partial charge on any atom is -0.478 e. The molecule has 1 fully saturated rings. The summed E-state index contributed by atoms with van der Waals surface area (Å²) in [6.45, 7) is 1.91. The Labute approximate surface area is 127 Å². The van der Waals surface area contributed by atoms with Gasteiger partial charge in [-0.3, -0.25) is 4.79 Å². The van der Waals surface area contributed by atoms with E-state index >= 15 is 0 Å². The van der Waals surface area contributed by atoms with Crippen LogP contribution >= 0.6 is 11.3 Å². The Morgan fingerprint density at radius 3 is 2.90 bits per heavy atom. The zero-order valence-corrected chi connectivity index (χ0v) is 12.8. The van der Waals surface area contributed by atoms with Crippen LogP contribution in [-0.4, -0.2) is 48.7 Å². The van der Waals surface area contributed by atoms with Gasteiger partial charge in [0.05, 0.1) is 11.5 Å². The molecule has 1 saturated carbocycles. The molecule has 1 aliphatic carbocycles. The van der Waals surface area contributed by atoms with Gasteiger partial charge in [0.25, 0.3) is 5.91 Å². The van der Waals surface area contributed by atoms with Gasteiger partial charge in [-0.2, -0.15) is 0 Å². The SMILES string of the molecule is CN(CCOCC1CC1)C(=O)c1ccc(/C=C/C(=O)O)s1. The van der Waals surface area contributed by atoms with Gasteiger partial charge in [0.15, 0.2) is 0 Å². The maximum Gasteiger partial charge on any atom is 0.328 e. The van der Waals surface area contributed by atoms with Crippen molar-refractivity contribution in [2.24, 2.45) is 5.92 Å². The summed E-state index contributed by atoms with van der Waals surface area (Å²) >= 11 is 1.28. The zero-order valence-electron chi connectivity index (χ0n) is 11.9. The number of carboxylic acids is 1. The van der Waals surface area contributed by atoms with Crippen LogP contribution in [0.2, 0.25) is 0 Å². The van der Waals surface area contributed by atoms with Crippen LogP contribution in [0.15, 0.2) is 18.2 Å². The van der Waals surface area contributed by atoms with E-state index in [1.54, 1.807) is 24.1 Å². The second-order valence-electron chi connectivity index (χ2n) is 5.12. The molecule has 6 heteroatoms. The van der Waals surface area contributed by atoms with Gasteiger partial charge in [-0.15, -0.1) is 11.3 Å². The first-order valence-electron chi connectivity index (χ1n) is 6.90. The van der Waals surface area contributed by atoms with Crippen LogP contribution in [0.1, 0.15) is 27.4 Å². The summed E-state index contributed by atoms with van der Waals surface area (Å²) in [6.07, 6.45) is 5.07. The van der Waals surface area contributed by atoms with E-state index in [9.17, 15) is 9.59 Å². The van der Waals surface area contributed by atoms with E-state index < -0.39 is 5.97 Å². The molecule has 1 heterocycles. The van der Waals surface area contributed by atoms with Crippen molar-refractivity contribution in [1.82, 2.24) is 4.90 Å². The second-order valence-corrected chi connectivity index (χ2v) is 6.23. The molecule has 2 rings (SSSR count). The van der Waals surface area contributed by atoms with Gasteiger partial charge < -0.3 is 14.7 Å². The topological polar surface area (TPSA) is 66.8 Å². The van der Waals surface area contributed by atoms with Crippen molar-refractivity contribution >= 4 is 29.3 Å². The van der Waals surface area contributed by atoms with Crippen molar-refractivity contribution in [3.63, 3.8) is 0 Å². The summed E-state index contributed by atoms with van der Waals surface area (Å²) in [6, 6.07) is 3.46. The minimum absolute atomic E-state index is 0.0648. The standard InChI is InChI=1S/C15H19NO4S/c1-16(8-9-20-10-11-2-3-11)15(19)13-6-4-12(21-13)5-7-14(17)18/h4-7,11H,2-3,8-10H2,1H3,(H,17,18)/b7-5+. The Hall–Kier alpha value is -1.66. The molecule has 0 unspecified atom stereocenters.